The molecule has 1 aromatic carbocycles. The van der Waals surface area contributed by atoms with Gasteiger partial charge in [-0.1, -0.05) is 0 Å². The number of carboxylic acid groups (broad SMARTS) is 1. The Morgan fingerprint density at radius 1 is 1.10 bits per heavy atom. The van der Waals surface area contributed by atoms with Crippen molar-refractivity contribution in [2.75, 3.05) is 0 Å². The molecule has 6 nitrogen and oxygen atoms in total. The number of carboxylic acids is 1. The summed E-state index contributed by atoms with van der Waals surface area (Å²) in [5.74, 6) is -0.248. The van der Waals surface area contributed by atoms with Gasteiger partial charge in [0.1, 0.15) is 0 Å². The molecule has 0 unspecified atom stereocenters. The summed E-state index contributed by atoms with van der Waals surface area (Å²) in [6.45, 7) is 1.86. The van der Waals surface area contributed by atoms with E-state index in [2.05, 4.69) is 15.2 Å². The Hall–Kier alpha value is -3.02. The van der Waals surface area contributed by atoms with Crippen LogP contribution >= 0.6 is 0 Å². The molecule has 0 amide bonds. The molecule has 0 saturated heterocycles. The molecule has 0 aliphatic heterocycles. The smallest absolute Gasteiger partial charge is 0.335 e. The van der Waals surface area contributed by atoms with Gasteiger partial charge < -0.3 is 9.52 Å². The highest BCUT2D eigenvalue weighted by Gasteiger charge is 2.13. The van der Waals surface area contributed by atoms with Gasteiger partial charge in [-0.2, -0.15) is 0 Å². The molecule has 0 fully saturated rings. The summed E-state index contributed by atoms with van der Waals surface area (Å²) in [6, 6.07) is 9.92. The van der Waals surface area contributed by atoms with Gasteiger partial charge in [0.05, 0.1) is 11.1 Å². The van der Waals surface area contributed by atoms with E-state index in [0.717, 1.165) is 11.3 Å². The van der Waals surface area contributed by atoms with Crippen molar-refractivity contribution in [1.82, 2.24) is 15.2 Å². The minimum absolute atomic E-state index is 0.210. The molecule has 0 aliphatic carbocycles. The Kier molecular flexibility index (Phi) is 3.19. The molecular formula is C15H11N3O3. The predicted octanol–water partition coefficient (Wildman–Crippen LogP) is 2.81. The van der Waals surface area contributed by atoms with Gasteiger partial charge in [-0.3, -0.25) is 4.98 Å². The number of rotatable bonds is 3. The molecule has 0 radical (unpaired) electrons. The van der Waals surface area contributed by atoms with Crippen LogP contribution in [0.15, 0.2) is 47.0 Å². The van der Waals surface area contributed by atoms with Gasteiger partial charge >= 0.3 is 5.97 Å². The van der Waals surface area contributed by atoms with E-state index >= 15 is 0 Å². The maximum absolute atomic E-state index is 10.8. The summed E-state index contributed by atoms with van der Waals surface area (Å²) in [4.78, 5) is 15.0. The van der Waals surface area contributed by atoms with Crippen LogP contribution in [0, 0.1) is 6.92 Å². The van der Waals surface area contributed by atoms with Gasteiger partial charge in [-0.15, -0.1) is 10.2 Å². The van der Waals surface area contributed by atoms with Crippen molar-refractivity contribution in [2.45, 2.75) is 6.92 Å². The van der Waals surface area contributed by atoms with Crippen LogP contribution in [-0.4, -0.2) is 26.3 Å². The fourth-order valence-corrected chi connectivity index (χ4v) is 1.91. The van der Waals surface area contributed by atoms with E-state index in [-0.39, 0.29) is 5.56 Å². The molecule has 0 aliphatic rings. The highest BCUT2D eigenvalue weighted by atomic mass is 16.4. The van der Waals surface area contributed by atoms with Crippen LogP contribution in [0.5, 0.6) is 0 Å². The van der Waals surface area contributed by atoms with Crippen molar-refractivity contribution in [2.24, 2.45) is 0 Å². The second kappa shape index (κ2) is 5.16. The van der Waals surface area contributed by atoms with Crippen LogP contribution in [-0.2, 0) is 0 Å². The average molecular weight is 281 g/mol. The maximum atomic E-state index is 10.8. The lowest BCUT2D eigenvalue weighted by Gasteiger charge is -1.98. The minimum Gasteiger partial charge on any atom is -0.478 e. The Balaban J connectivity index is 1.95. The SMILES string of the molecule is Cc1ncccc1-c1nnc(-c2ccc(C(=O)O)cc2)o1. The summed E-state index contributed by atoms with van der Waals surface area (Å²) in [6.07, 6.45) is 1.70. The second-order valence-electron chi connectivity index (χ2n) is 4.43. The molecule has 0 saturated carbocycles. The van der Waals surface area contributed by atoms with E-state index in [1.807, 2.05) is 13.0 Å². The maximum Gasteiger partial charge on any atom is 0.335 e. The van der Waals surface area contributed by atoms with Crippen molar-refractivity contribution in [3.8, 4) is 22.9 Å². The minimum atomic E-state index is -0.973. The van der Waals surface area contributed by atoms with Crippen molar-refractivity contribution in [3.63, 3.8) is 0 Å². The number of pyridine rings is 1. The number of hydrogen-bond donors (Lipinski definition) is 1. The largest absolute Gasteiger partial charge is 0.478 e. The molecule has 2 heterocycles. The molecule has 21 heavy (non-hydrogen) atoms. The third-order valence-corrected chi connectivity index (χ3v) is 3.04. The zero-order chi connectivity index (χ0) is 14.8. The molecule has 0 atom stereocenters. The molecule has 3 aromatic rings. The summed E-state index contributed by atoms with van der Waals surface area (Å²) in [7, 11) is 0. The summed E-state index contributed by atoms with van der Waals surface area (Å²) >= 11 is 0. The fourth-order valence-electron chi connectivity index (χ4n) is 1.91. The van der Waals surface area contributed by atoms with Crippen molar-refractivity contribution < 1.29 is 14.3 Å². The quantitative estimate of drug-likeness (QED) is 0.794. The first-order valence-electron chi connectivity index (χ1n) is 6.24. The number of benzene rings is 1. The number of nitrogens with zero attached hydrogens (tertiary/aromatic N) is 3. The Labute approximate surface area is 120 Å². The number of aromatic carboxylic acids is 1. The number of carbonyl (C=O) groups is 1. The lowest BCUT2D eigenvalue weighted by molar-refractivity contribution is 0.0697. The van der Waals surface area contributed by atoms with Crippen LogP contribution in [0.2, 0.25) is 0 Å². The summed E-state index contributed by atoms with van der Waals surface area (Å²) in [5, 5.41) is 16.9. The van der Waals surface area contributed by atoms with Crippen LogP contribution in [0.3, 0.4) is 0 Å². The molecule has 1 N–H and O–H groups in total. The van der Waals surface area contributed by atoms with Gasteiger partial charge in [0.2, 0.25) is 11.8 Å². The first kappa shape index (κ1) is 13.0. The number of aromatic nitrogens is 3. The highest BCUT2D eigenvalue weighted by molar-refractivity contribution is 5.88. The standard InChI is InChI=1S/C15H11N3O3/c1-9-12(3-2-8-16-9)14-18-17-13(21-14)10-4-6-11(7-5-10)15(19)20/h2-8H,1H3,(H,19,20). The van der Waals surface area contributed by atoms with E-state index in [9.17, 15) is 4.79 Å². The molecular weight excluding hydrogens is 270 g/mol. The molecule has 0 bridgehead atoms. The van der Waals surface area contributed by atoms with E-state index in [4.69, 9.17) is 9.52 Å². The van der Waals surface area contributed by atoms with Gasteiger partial charge in [-0.25, -0.2) is 4.79 Å². The van der Waals surface area contributed by atoms with E-state index in [1.165, 1.54) is 12.1 Å². The van der Waals surface area contributed by atoms with E-state index in [1.54, 1.807) is 24.4 Å². The lowest BCUT2D eigenvalue weighted by atomic mass is 10.1. The molecule has 0 spiro atoms. The third kappa shape index (κ3) is 2.51. The number of aryl methyl sites for hydroxylation is 1. The lowest BCUT2D eigenvalue weighted by Crippen LogP contribution is -1.94. The Morgan fingerprint density at radius 2 is 1.81 bits per heavy atom. The van der Waals surface area contributed by atoms with Gasteiger partial charge in [-0.05, 0) is 43.3 Å². The Morgan fingerprint density at radius 3 is 2.48 bits per heavy atom. The van der Waals surface area contributed by atoms with Gasteiger partial charge in [0, 0.05) is 17.5 Å². The second-order valence-corrected chi connectivity index (χ2v) is 4.43. The average Bonchev–Trinajstić information content (AvgIpc) is 2.97. The summed E-state index contributed by atoms with van der Waals surface area (Å²) in [5.41, 5.74) is 2.45. The molecule has 6 heteroatoms. The van der Waals surface area contributed by atoms with Crippen LogP contribution in [0.1, 0.15) is 16.1 Å². The zero-order valence-corrected chi connectivity index (χ0v) is 11.1. The normalized spacial score (nSPS) is 10.5. The van der Waals surface area contributed by atoms with Gasteiger partial charge in [0.15, 0.2) is 0 Å². The third-order valence-electron chi connectivity index (χ3n) is 3.04. The topological polar surface area (TPSA) is 89.1 Å². The first-order valence-corrected chi connectivity index (χ1v) is 6.24. The fraction of sp³-hybridized carbons (Fsp3) is 0.0667. The van der Waals surface area contributed by atoms with Crippen molar-refractivity contribution in [3.05, 3.63) is 53.9 Å². The number of hydrogen-bond acceptors (Lipinski definition) is 5. The molecule has 3 rings (SSSR count). The van der Waals surface area contributed by atoms with Crippen molar-refractivity contribution >= 4 is 5.97 Å². The van der Waals surface area contributed by atoms with Crippen LogP contribution < -0.4 is 0 Å². The van der Waals surface area contributed by atoms with Crippen LogP contribution in [0.25, 0.3) is 22.9 Å². The highest BCUT2D eigenvalue weighted by Crippen LogP contribution is 2.25. The van der Waals surface area contributed by atoms with Crippen LogP contribution in [0.4, 0.5) is 0 Å². The van der Waals surface area contributed by atoms with Crippen molar-refractivity contribution in [1.29, 1.82) is 0 Å². The monoisotopic (exact) mass is 281 g/mol. The predicted molar refractivity (Wildman–Crippen MR) is 74.7 cm³/mol. The molecule has 104 valence electrons. The molecule has 2 aromatic heterocycles. The zero-order valence-electron chi connectivity index (χ0n) is 11.1. The Bertz CT molecular complexity index is 794. The van der Waals surface area contributed by atoms with E-state index in [0.29, 0.717) is 17.3 Å². The summed E-state index contributed by atoms with van der Waals surface area (Å²) < 4.78 is 5.63. The van der Waals surface area contributed by atoms with E-state index < -0.39 is 5.97 Å². The first-order chi connectivity index (χ1) is 10.1. The van der Waals surface area contributed by atoms with Gasteiger partial charge in [0.25, 0.3) is 0 Å².